The van der Waals surface area contributed by atoms with Gasteiger partial charge >= 0.3 is 0 Å². The van der Waals surface area contributed by atoms with Crippen molar-refractivity contribution in [1.82, 2.24) is 10.6 Å². The van der Waals surface area contributed by atoms with Crippen molar-refractivity contribution < 1.29 is 0 Å². The monoisotopic (exact) mass is 249 g/mol. The van der Waals surface area contributed by atoms with E-state index < -0.39 is 0 Å². The van der Waals surface area contributed by atoms with Gasteiger partial charge in [0, 0.05) is 19.6 Å². The van der Waals surface area contributed by atoms with Crippen molar-refractivity contribution >= 4 is 0 Å². The molecule has 2 nitrogen and oxygen atoms in total. The van der Waals surface area contributed by atoms with E-state index in [1.165, 1.54) is 70.8 Å². The number of hydrogen-bond donors (Lipinski definition) is 1. The van der Waals surface area contributed by atoms with Gasteiger partial charge in [-0.3, -0.25) is 0 Å². The molecule has 0 aromatic rings. The fraction of sp³-hybridized carbons (Fsp3) is 1.00. The maximum absolute atomic E-state index is 5.25. The van der Waals surface area contributed by atoms with E-state index in [1.54, 1.807) is 0 Å². The maximum atomic E-state index is 5.25. The molecule has 1 heterocycles. The Labute approximate surface area is 112 Å². The Balaban J connectivity index is 1.77. The van der Waals surface area contributed by atoms with Gasteiger partial charge in [-0.25, -0.2) is 5.32 Å². The molecule has 3 rings (SSSR count). The summed E-state index contributed by atoms with van der Waals surface area (Å²) < 4.78 is 0. The molecule has 1 radical (unpaired) electrons. The minimum atomic E-state index is 0.332. The third-order valence-corrected chi connectivity index (χ3v) is 5.73. The van der Waals surface area contributed by atoms with Crippen molar-refractivity contribution in [2.75, 3.05) is 19.6 Å². The second-order valence-corrected chi connectivity index (χ2v) is 6.72. The number of hydrogen-bond acceptors (Lipinski definition) is 1. The van der Waals surface area contributed by atoms with Gasteiger partial charge in [0.2, 0.25) is 0 Å². The van der Waals surface area contributed by atoms with Crippen LogP contribution in [0.15, 0.2) is 0 Å². The summed E-state index contributed by atoms with van der Waals surface area (Å²) in [5, 5.41) is 8.92. The summed E-state index contributed by atoms with van der Waals surface area (Å²) in [5.41, 5.74) is 0.332. The maximum Gasteiger partial charge on any atom is 0.0537 e. The van der Waals surface area contributed by atoms with Gasteiger partial charge in [0.15, 0.2) is 0 Å². The average molecular weight is 249 g/mol. The van der Waals surface area contributed by atoms with E-state index in [9.17, 15) is 0 Å². The lowest BCUT2D eigenvalue weighted by Crippen LogP contribution is -2.64. The zero-order valence-corrected chi connectivity index (χ0v) is 11.8. The first-order valence-corrected chi connectivity index (χ1v) is 8.31. The standard InChI is InChI=1S/C16H29N2/c1-3-7-14(8-4-1)16(13-17-11-12-18-16)15-9-5-2-6-10-15/h14-15,17H,1-13H2. The molecule has 0 unspecified atom stereocenters. The smallest absolute Gasteiger partial charge is 0.0537 e. The third-order valence-electron chi connectivity index (χ3n) is 5.73. The number of rotatable bonds is 2. The fourth-order valence-electron chi connectivity index (χ4n) is 4.77. The van der Waals surface area contributed by atoms with Gasteiger partial charge in [0.05, 0.1) is 5.54 Å². The molecule has 0 atom stereocenters. The quantitative estimate of drug-likeness (QED) is 0.799. The van der Waals surface area contributed by atoms with Crippen molar-refractivity contribution in [3.63, 3.8) is 0 Å². The number of nitrogens with one attached hydrogen (secondary N) is 1. The van der Waals surface area contributed by atoms with Crippen molar-refractivity contribution in [3.8, 4) is 0 Å². The van der Waals surface area contributed by atoms with Crippen LogP contribution < -0.4 is 10.6 Å². The second-order valence-electron chi connectivity index (χ2n) is 6.72. The van der Waals surface area contributed by atoms with Gasteiger partial charge in [-0.1, -0.05) is 38.5 Å². The molecule has 0 aromatic carbocycles. The van der Waals surface area contributed by atoms with E-state index in [0.717, 1.165) is 24.9 Å². The van der Waals surface area contributed by atoms with Crippen LogP contribution in [0.25, 0.3) is 0 Å². The summed E-state index contributed by atoms with van der Waals surface area (Å²) >= 11 is 0. The van der Waals surface area contributed by atoms with Gasteiger partial charge in [0.1, 0.15) is 0 Å². The summed E-state index contributed by atoms with van der Waals surface area (Å²) in [6.07, 6.45) is 14.5. The van der Waals surface area contributed by atoms with E-state index >= 15 is 0 Å². The molecule has 18 heavy (non-hydrogen) atoms. The zero-order valence-electron chi connectivity index (χ0n) is 11.8. The van der Waals surface area contributed by atoms with Crippen molar-refractivity contribution in [3.05, 3.63) is 0 Å². The van der Waals surface area contributed by atoms with Crippen LogP contribution in [-0.2, 0) is 0 Å². The van der Waals surface area contributed by atoms with Crippen LogP contribution in [0.2, 0.25) is 0 Å². The molecule has 1 saturated heterocycles. The molecule has 3 fully saturated rings. The van der Waals surface area contributed by atoms with Crippen LogP contribution >= 0.6 is 0 Å². The Kier molecular flexibility index (Phi) is 4.25. The fourth-order valence-corrected chi connectivity index (χ4v) is 4.77. The highest BCUT2D eigenvalue weighted by atomic mass is 15.1. The first-order chi connectivity index (χ1) is 8.92. The summed E-state index contributed by atoms with van der Waals surface area (Å²) in [5.74, 6) is 1.78. The largest absolute Gasteiger partial charge is 0.313 e. The average Bonchev–Trinajstić information content (AvgIpc) is 2.50. The van der Waals surface area contributed by atoms with Crippen molar-refractivity contribution in [2.24, 2.45) is 11.8 Å². The van der Waals surface area contributed by atoms with Crippen LogP contribution in [0.3, 0.4) is 0 Å². The highest BCUT2D eigenvalue weighted by Crippen LogP contribution is 2.43. The minimum absolute atomic E-state index is 0.332. The summed E-state index contributed by atoms with van der Waals surface area (Å²) in [7, 11) is 0. The molecule has 103 valence electrons. The zero-order chi connectivity index (χ0) is 12.3. The lowest BCUT2D eigenvalue weighted by Gasteiger charge is -2.51. The Morgan fingerprint density at radius 1 is 0.778 bits per heavy atom. The molecule has 3 aliphatic rings. The van der Waals surface area contributed by atoms with Gasteiger partial charge < -0.3 is 5.32 Å². The minimum Gasteiger partial charge on any atom is -0.313 e. The molecular weight excluding hydrogens is 220 g/mol. The van der Waals surface area contributed by atoms with E-state index in [1.807, 2.05) is 0 Å². The highest BCUT2D eigenvalue weighted by Gasteiger charge is 2.46. The summed E-state index contributed by atoms with van der Waals surface area (Å²) in [6, 6.07) is 0. The van der Waals surface area contributed by atoms with Crippen LogP contribution in [0.1, 0.15) is 64.2 Å². The van der Waals surface area contributed by atoms with Crippen LogP contribution in [0.4, 0.5) is 0 Å². The van der Waals surface area contributed by atoms with E-state index in [2.05, 4.69) is 5.32 Å². The first kappa shape index (κ1) is 12.9. The first-order valence-electron chi connectivity index (χ1n) is 8.31. The van der Waals surface area contributed by atoms with Crippen molar-refractivity contribution in [2.45, 2.75) is 69.7 Å². The Morgan fingerprint density at radius 2 is 1.33 bits per heavy atom. The number of nitrogens with zero attached hydrogens (tertiary/aromatic N) is 1. The third kappa shape index (κ3) is 2.46. The summed E-state index contributed by atoms with van der Waals surface area (Å²) in [6.45, 7) is 3.36. The Hall–Kier alpha value is -0.0800. The van der Waals surface area contributed by atoms with Crippen LogP contribution in [-0.4, -0.2) is 25.2 Å². The molecule has 1 aliphatic heterocycles. The topological polar surface area (TPSA) is 26.1 Å². The molecule has 2 heteroatoms. The van der Waals surface area contributed by atoms with E-state index in [0.29, 0.717) is 5.54 Å². The lowest BCUT2D eigenvalue weighted by atomic mass is 9.63. The molecule has 0 spiro atoms. The molecule has 0 aromatic heterocycles. The van der Waals surface area contributed by atoms with Gasteiger partial charge in [-0.05, 0) is 37.5 Å². The predicted molar refractivity (Wildman–Crippen MR) is 75.8 cm³/mol. The van der Waals surface area contributed by atoms with Crippen LogP contribution in [0, 0.1) is 11.8 Å². The molecule has 1 N–H and O–H groups in total. The van der Waals surface area contributed by atoms with Crippen molar-refractivity contribution in [1.29, 1.82) is 0 Å². The Bertz CT molecular complexity index is 226. The molecule has 0 amide bonds. The van der Waals surface area contributed by atoms with Crippen LogP contribution in [0.5, 0.6) is 0 Å². The molecule has 2 saturated carbocycles. The SMILES string of the molecule is C1CCC(C2(C3CCCCC3)CNCC[N]2)CC1. The number of piperazine rings is 1. The predicted octanol–water partition coefficient (Wildman–Crippen LogP) is 3.09. The van der Waals surface area contributed by atoms with Gasteiger partial charge in [0.25, 0.3) is 0 Å². The Morgan fingerprint density at radius 3 is 1.78 bits per heavy atom. The molecular formula is C16H29N2. The molecule has 2 aliphatic carbocycles. The highest BCUT2D eigenvalue weighted by molar-refractivity contribution is 5.04. The van der Waals surface area contributed by atoms with E-state index in [4.69, 9.17) is 5.32 Å². The normalized spacial score (nSPS) is 31.3. The summed E-state index contributed by atoms with van der Waals surface area (Å²) in [4.78, 5) is 0. The van der Waals surface area contributed by atoms with Gasteiger partial charge in [-0.2, -0.15) is 0 Å². The lowest BCUT2D eigenvalue weighted by molar-refractivity contribution is 0.0514. The van der Waals surface area contributed by atoms with E-state index in [-0.39, 0.29) is 0 Å². The second kappa shape index (κ2) is 5.92. The molecule has 0 bridgehead atoms. The van der Waals surface area contributed by atoms with Gasteiger partial charge in [-0.15, -0.1) is 0 Å².